The number of fused-ring (bicyclic) bond motifs is 1. The molecule has 0 bridgehead atoms. The number of nitrogens with zero attached hydrogens (tertiary/aromatic N) is 1. The van der Waals surface area contributed by atoms with E-state index >= 15 is 0 Å². The van der Waals surface area contributed by atoms with E-state index in [1.807, 2.05) is 24.3 Å². The minimum atomic E-state index is -0.551. The topological polar surface area (TPSA) is 75.7 Å². The molecular weight excluding hydrogens is 380 g/mol. The van der Waals surface area contributed by atoms with Gasteiger partial charge in [-0.25, -0.2) is 0 Å². The van der Waals surface area contributed by atoms with Crippen LogP contribution in [-0.4, -0.2) is 30.7 Å². The molecule has 1 heterocycles. The van der Waals surface area contributed by atoms with Crippen LogP contribution in [0, 0.1) is 0 Å². The molecule has 2 aromatic rings. The van der Waals surface area contributed by atoms with E-state index in [9.17, 15) is 14.4 Å². The summed E-state index contributed by atoms with van der Waals surface area (Å²) in [5.41, 5.74) is 2.96. The molecule has 2 amide bonds. The highest BCUT2D eigenvalue weighted by Crippen LogP contribution is 2.34. The molecule has 30 heavy (non-hydrogen) atoms. The van der Waals surface area contributed by atoms with Crippen LogP contribution >= 0.6 is 0 Å². The first-order valence-corrected chi connectivity index (χ1v) is 10.1. The summed E-state index contributed by atoms with van der Waals surface area (Å²) in [5.74, 6) is 0.0336. The Morgan fingerprint density at radius 3 is 2.37 bits per heavy atom. The standard InChI is InChI=1S/C24H28N2O4/c1-15-23(29)26(5)19-14-16(6-12-21(19)30-15)20(27)11-13-22(28)25-18-9-7-17(8-10-18)24(2,3)4/h6-10,12,14-15H,11,13H2,1-5H3,(H,25,28). The van der Waals surface area contributed by atoms with Crippen molar-refractivity contribution in [3.8, 4) is 5.75 Å². The third-order valence-electron chi connectivity index (χ3n) is 5.24. The van der Waals surface area contributed by atoms with Crippen LogP contribution in [-0.2, 0) is 15.0 Å². The maximum atomic E-state index is 12.6. The Bertz CT molecular complexity index is 974. The number of benzene rings is 2. The van der Waals surface area contributed by atoms with Crippen LogP contribution in [0.25, 0.3) is 0 Å². The van der Waals surface area contributed by atoms with Crippen LogP contribution in [0.1, 0.15) is 56.5 Å². The van der Waals surface area contributed by atoms with Crippen molar-refractivity contribution < 1.29 is 19.1 Å². The van der Waals surface area contributed by atoms with Gasteiger partial charge < -0.3 is 15.0 Å². The lowest BCUT2D eigenvalue weighted by atomic mass is 9.87. The van der Waals surface area contributed by atoms with E-state index in [-0.39, 0.29) is 35.9 Å². The lowest BCUT2D eigenvalue weighted by molar-refractivity contribution is -0.125. The van der Waals surface area contributed by atoms with E-state index in [0.717, 1.165) is 0 Å². The van der Waals surface area contributed by atoms with E-state index in [1.54, 1.807) is 32.2 Å². The Hall–Kier alpha value is -3.15. The fraction of sp³-hybridized carbons (Fsp3) is 0.375. The summed E-state index contributed by atoms with van der Waals surface area (Å²) in [7, 11) is 1.66. The van der Waals surface area contributed by atoms with Crippen molar-refractivity contribution in [1.82, 2.24) is 0 Å². The minimum absolute atomic E-state index is 0.0472. The van der Waals surface area contributed by atoms with Crippen LogP contribution in [0.15, 0.2) is 42.5 Å². The molecule has 0 aromatic heterocycles. The number of hydrogen-bond acceptors (Lipinski definition) is 4. The van der Waals surface area contributed by atoms with Crippen molar-refractivity contribution in [3.63, 3.8) is 0 Å². The van der Waals surface area contributed by atoms with Crippen molar-refractivity contribution in [1.29, 1.82) is 0 Å². The largest absolute Gasteiger partial charge is 0.479 e. The predicted octanol–water partition coefficient (Wildman–Crippen LogP) is 4.33. The summed E-state index contributed by atoms with van der Waals surface area (Å²) in [6.07, 6.45) is -0.385. The Kier molecular flexibility index (Phi) is 5.97. The van der Waals surface area contributed by atoms with Crippen molar-refractivity contribution in [3.05, 3.63) is 53.6 Å². The Morgan fingerprint density at radius 1 is 1.07 bits per heavy atom. The fourth-order valence-electron chi connectivity index (χ4n) is 3.33. The molecule has 1 aliphatic rings. The third kappa shape index (κ3) is 4.70. The number of ether oxygens (including phenoxy) is 1. The first-order chi connectivity index (χ1) is 14.1. The van der Waals surface area contributed by atoms with Crippen LogP contribution < -0.4 is 15.0 Å². The normalized spacial score (nSPS) is 16.0. The Balaban J connectivity index is 1.59. The monoisotopic (exact) mass is 408 g/mol. The molecule has 0 aliphatic carbocycles. The summed E-state index contributed by atoms with van der Waals surface area (Å²) in [6.45, 7) is 8.09. The SMILES string of the molecule is CC1Oc2ccc(C(=O)CCC(=O)Nc3ccc(C(C)(C)C)cc3)cc2N(C)C1=O. The summed E-state index contributed by atoms with van der Waals surface area (Å²) >= 11 is 0. The van der Waals surface area contributed by atoms with Crippen molar-refractivity contribution in [2.24, 2.45) is 0 Å². The number of amides is 2. The minimum Gasteiger partial charge on any atom is -0.479 e. The second-order valence-corrected chi connectivity index (χ2v) is 8.64. The average Bonchev–Trinajstić information content (AvgIpc) is 2.70. The van der Waals surface area contributed by atoms with Crippen molar-refractivity contribution in [2.75, 3.05) is 17.3 Å². The zero-order chi connectivity index (χ0) is 22.1. The number of anilines is 2. The molecule has 0 spiro atoms. The number of hydrogen-bond donors (Lipinski definition) is 1. The molecule has 3 rings (SSSR count). The number of Topliss-reactive ketones (excluding diaryl/α,β-unsaturated/α-hetero) is 1. The van der Waals surface area contributed by atoms with Gasteiger partial charge in [0.25, 0.3) is 5.91 Å². The number of ketones is 1. The quantitative estimate of drug-likeness (QED) is 0.747. The summed E-state index contributed by atoms with van der Waals surface area (Å²) in [5, 5.41) is 2.83. The van der Waals surface area contributed by atoms with E-state index in [0.29, 0.717) is 22.7 Å². The van der Waals surface area contributed by atoms with Crippen molar-refractivity contribution >= 4 is 29.0 Å². The van der Waals surface area contributed by atoms with E-state index in [2.05, 4.69) is 26.1 Å². The molecule has 6 heteroatoms. The van der Waals surface area contributed by atoms with Gasteiger partial charge in [-0.05, 0) is 48.2 Å². The first-order valence-electron chi connectivity index (χ1n) is 10.1. The molecule has 6 nitrogen and oxygen atoms in total. The predicted molar refractivity (Wildman–Crippen MR) is 117 cm³/mol. The Labute approximate surface area is 177 Å². The van der Waals surface area contributed by atoms with Crippen LogP contribution in [0.4, 0.5) is 11.4 Å². The summed E-state index contributed by atoms with van der Waals surface area (Å²) in [6, 6.07) is 12.7. The number of carbonyl (C=O) groups excluding carboxylic acids is 3. The highest BCUT2D eigenvalue weighted by molar-refractivity contribution is 6.04. The Morgan fingerprint density at radius 2 is 1.73 bits per heavy atom. The third-order valence-corrected chi connectivity index (χ3v) is 5.24. The number of likely N-dealkylation sites (N-methyl/N-ethyl adjacent to an activating group) is 1. The highest BCUT2D eigenvalue weighted by Gasteiger charge is 2.29. The molecule has 2 aromatic carbocycles. The molecule has 0 fully saturated rings. The molecule has 1 aliphatic heterocycles. The lowest BCUT2D eigenvalue weighted by Crippen LogP contribution is -2.42. The van der Waals surface area contributed by atoms with Gasteiger partial charge in [0.15, 0.2) is 11.9 Å². The van der Waals surface area contributed by atoms with E-state index in [1.165, 1.54) is 10.5 Å². The number of carbonyl (C=O) groups is 3. The smallest absolute Gasteiger partial charge is 0.267 e. The number of rotatable bonds is 5. The van der Waals surface area contributed by atoms with Gasteiger partial charge in [-0.3, -0.25) is 14.4 Å². The second kappa shape index (κ2) is 8.30. The molecule has 1 unspecified atom stereocenters. The molecule has 1 atom stereocenters. The maximum absolute atomic E-state index is 12.6. The summed E-state index contributed by atoms with van der Waals surface area (Å²) in [4.78, 5) is 38.4. The maximum Gasteiger partial charge on any atom is 0.267 e. The van der Waals surface area contributed by atoms with Crippen LogP contribution in [0.5, 0.6) is 5.75 Å². The van der Waals surface area contributed by atoms with Gasteiger partial charge in [0.1, 0.15) is 5.75 Å². The highest BCUT2D eigenvalue weighted by atomic mass is 16.5. The fourth-order valence-corrected chi connectivity index (χ4v) is 3.33. The molecule has 158 valence electrons. The second-order valence-electron chi connectivity index (χ2n) is 8.64. The van der Waals surface area contributed by atoms with Crippen LogP contribution in [0.2, 0.25) is 0 Å². The molecule has 0 saturated heterocycles. The summed E-state index contributed by atoms with van der Waals surface area (Å²) < 4.78 is 5.58. The molecule has 0 radical (unpaired) electrons. The van der Waals surface area contributed by atoms with Gasteiger partial charge in [-0.1, -0.05) is 32.9 Å². The zero-order valence-corrected chi connectivity index (χ0v) is 18.1. The van der Waals surface area contributed by atoms with Gasteiger partial charge in [0.05, 0.1) is 5.69 Å². The van der Waals surface area contributed by atoms with Gasteiger partial charge in [0, 0.05) is 31.1 Å². The average molecular weight is 408 g/mol. The van der Waals surface area contributed by atoms with E-state index in [4.69, 9.17) is 4.74 Å². The lowest BCUT2D eigenvalue weighted by Gasteiger charge is -2.30. The first kappa shape index (κ1) is 21.6. The van der Waals surface area contributed by atoms with Gasteiger partial charge in [-0.15, -0.1) is 0 Å². The van der Waals surface area contributed by atoms with Gasteiger partial charge in [0.2, 0.25) is 5.91 Å². The molecule has 0 saturated carbocycles. The van der Waals surface area contributed by atoms with Crippen LogP contribution in [0.3, 0.4) is 0 Å². The zero-order valence-electron chi connectivity index (χ0n) is 18.1. The number of nitrogens with one attached hydrogen (secondary N) is 1. The van der Waals surface area contributed by atoms with Crippen molar-refractivity contribution in [2.45, 2.75) is 52.1 Å². The van der Waals surface area contributed by atoms with Gasteiger partial charge >= 0.3 is 0 Å². The molecular formula is C24H28N2O4. The van der Waals surface area contributed by atoms with Gasteiger partial charge in [-0.2, -0.15) is 0 Å². The molecule has 1 N–H and O–H groups in total. The van der Waals surface area contributed by atoms with E-state index < -0.39 is 6.10 Å².